The molecule has 0 aromatic heterocycles. The second kappa shape index (κ2) is 5.34. The molecule has 2 rings (SSSR count). The van der Waals surface area contributed by atoms with Gasteiger partial charge in [0.15, 0.2) is 0 Å². The summed E-state index contributed by atoms with van der Waals surface area (Å²) >= 11 is 0. The van der Waals surface area contributed by atoms with Gasteiger partial charge in [-0.15, -0.1) is 0 Å². The molecule has 18 heavy (non-hydrogen) atoms. The molecule has 2 nitrogen and oxygen atoms in total. The molecule has 5 atom stereocenters. The summed E-state index contributed by atoms with van der Waals surface area (Å²) in [6, 6.07) is 0.960. The molecule has 0 saturated heterocycles. The first-order chi connectivity index (χ1) is 8.41. The van der Waals surface area contributed by atoms with Gasteiger partial charge in [0.05, 0.1) is 0 Å². The fraction of sp³-hybridized carbons (Fsp3) is 0.875. The molecule has 2 heteroatoms. The van der Waals surface area contributed by atoms with Gasteiger partial charge in [0.2, 0.25) is 0 Å². The standard InChI is InChI=1S/C16H29NO/c1-11(14-10-12-5-6-13(14)9-12)17-15(7-8-18)16(2,3)4/h5-6,11-15,17-18H,7-10H2,1-4H3. The van der Waals surface area contributed by atoms with Crippen molar-refractivity contribution in [2.45, 2.75) is 59.0 Å². The van der Waals surface area contributed by atoms with Crippen LogP contribution >= 0.6 is 0 Å². The Labute approximate surface area is 112 Å². The molecule has 2 aliphatic carbocycles. The number of rotatable bonds is 5. The summed E-state index contributed by atoms with van der Waals surface area (Å²) in [5.41, 5.74) is 0.213. The highest BCUT2D eigenvalue weighted by molar-refractivity contribution is 5.11. The molecule has 0 amide bonds. The Hall–Kier alpha value is -0.340. The second-order valence-corrected chi connectivity index (χ2v) is 7.33. The lowest BCUT2D eigenvalue weighted by Gasteiger charge is -2.37. The van der Waals surface area contributed by atoms with Crippen LogP contribution in [0.2, 0.25) is 0 Å². The molecule has 2 N–H and O–H groups in total. The van der Waals surface area contributed by atoms with Crippen molar-refractivity contribution >= 4 is 0 Å². The summed E-state index contributed by atoms with van der Waals surface area (Å²) < 4.78 is 0. The maximum atomic E-state index is 9.23. The summed E-state index contributed by atoms with van der Waals surface area (Å²) in [7, 11) is 0. The van der Waals surface area contributed by atoms with Crippen molar-refractivity contribution in [3.63, 3.8) is 0 Å². The number of hydrogen-bond acceptors (Lipinski definition) is 2. The van der Waals surface area contributed by atoms with E-state index in [1.807, 2.05) is 0 Å². The Kier molecular flexibility index (Phi) is 4.18. The number of hydrogen-bond donors (Lipinski definition) is 2. The third kappa shape index (κ3) is 2.97. The zero-order valence-corrected chi connectivity index (χ0v) is 12.3. The average molecular weight is 251 g/mol. The quantitative estimate of drug-likeness (QED) is 0.736. The molecular formula is C16H29NO. The highest BCUT2D eigenvalue weighted by atomic mass is 16.3. The molecule has 0 spiro atoms. The van der Waals surface area contributed by atoms with Crippen molar-refractivity contribution in [2.24, 2.45) is 23.2 Å². The van der Waals surface area contributed by atoms with Crippen LogP contribution in [0.3, 0.4) is 0 Å². The molecule has 5 unspecified atom stereocenters. The number of aliphatic hydroxyl groups is 1. The van der Waals surface area contributed by atoms with Crippen molar-refractivity contribution in [1.29, 1.82) is 0 Å². The molecule has 0 aliphatic heterocycles. The van der Waals surface area contributed by atoms with Crippen LogP contribution in [0.1, 0.15) is 47.0 Å². The first-order valence-electron chi connectivity index (χ1n) is 7.47. The van der Waals surface area contributed by atoms with E-state index < -0.39 is 0 Å². The van der Waals surface area contributed by atoms with Gasteiger partial charge in [0, 0.05) is 18.7 Å². The molecular weight excluding hydrogens is 222 g/mol. The fourth-order valence-corrected chi connectivity index (χ4v) is 3.73. The lowest BCUT2D eigenvalue weighted by Crippen LogP contribution is -2.48. The van der Waals surface area contributed by atoms with Crippen LogP contribution in [0.4, 0.5) is 0 Å². The third-order valence-electron chi connectivity index (χ3n) is 4.90. The Morgan fingerprint density at radius 2 is 2.00 bits per heavy atom. The van der Waals surface area contributed by atoms with Crippen LogP contribution in [0.5, 0.6) is 0 Å². The minimum atomic E-state index is 0.213. The highest BCUT2D eigenvalue weighted by Crippen LogP contribution is 2.45. The van der Waals surface area contributed by atoms with Gasteiger partial charge in [-0.25, -0.2) is 0 Å². The lowest BCUT2D eigenvalue weighted by molar-refractivity contribution is 0.169. The van der Waals surface area contributed by atoms with E-state index in [2.05, 4.69) is 45.2 Å². The Morgan fingerprint density at radius 1 is 1.28 bits per heavy atom. The van der Waals surface area contributed by atoms with Gasteiger partial charge < -0.3 is 10.4 Å². The van der Waals surface area contributed by atoms with E-state index in [-0.39, 0.29) is 12.0 Å². The second-order valence-electron chi connectivity index (χ2n) is 7.33. The monoisotopic (exact) mass is 251 g/mol. The van der Waals surface area contributed by atoms with Crippen molar-refractivity contribution in [2.75, 3.05) is 6.61 Å². The average Bonchev–Trinajstić information content (AvgIpc) is 2.88. The summed E-state index contributed by atoms with van der Waals surface area (Å²) in [5.74, 6) is 2.44. The number of aliphatic hydroxyl groups excluding tert-OH is 1. The molecule has 1 fully saturated rings. The smallest absolute Gasteiger partial charge is 0.0446 e. The molecule has 1 saturated carbocycles. The van der Waals surface area contributed by atoms with Gasteiger partial charge in [-0.05, 0) is 49.4 Å². The first-order valence-corrected chi connectivity index (χ1v) is 7.47. The normalized spacial score (nSPS) is 33.9. The largest absolute Gasteiger partial charge is 0.396 e. The van der Waals surface area contributed by atoms with Crippen LogP contribution < -0.4 is 5.32 Å². The molecule has 0 heterocycles. The Bertz CT molecular complexity index is 305. The number of nitrogens with one attached hydrogen (secondary N) is 1. The molecule has 0 radical (unpaired) electrons. The maximum Gasteiger partial charge on any atom is 0.0446 e. The maximum absolute atomic E-state index is 9.23. The van der Waals surface area contributed by atoms with Gasteiger partial charge >= 0.3 is 0 Å². The predicted octanol–water partition coefficient (Wildman–Crippen LogP) is 2.97. The summed E-state index contributed by atoms with van der Waals surface area (Å²) in [6.07, 6.45) is 8.41. The van der Waals surface area contributed by atoms with Crippen molar-refractivity contribution in [3.05, 3.63) is 12.2 Å². The van der Waals surface area contributed by atoms with Gasteiger partial charge in [-0.2, -0.15) is 0 Å². The van der Waals surface area contributed by atoms with E-state index in [9.17, 15) is 5.11 Å². The third-order valence-corrected chi connectivity index (χ3v) is 4.90. The molecule has 2 bridgehead atoms. The van der Waals surface area contributed by atoms with Crippen molar-refractivity contribution in [3.8, 4) is 0 Å². The van der Waals surface area contributed by atoms with Gasteiger partial charge in [0.25, 0.3) is 0 Å². The van der Waals surface area contributed by atoms with Crippen LogP contribution in [-0.4, -0.2) is 23.8 Å². The first kappa shape index (κ1) is 14.1. The van der Waals surface area contributed by atoms with E-state index in [0.717, 1.165) is 24.2 Å². The number of fused-ring (bicyclic) bond motifs is 2. The Morgan fingerprint density at radius 3 is 2.44 bits per heavy atom. The molecule has 2 aliphatic rings. The van der Waals surface area contributed by atoms with Crippen molar-refractivity contribution < 1.29 is 5.11 Å². The van der Waals surface area contributed by atoms with E-state index in [1.54, 1.807) is 0 Å². The summed E-state index contributed by atoms with van der Waals surface area (Å²) in [6.45, 7) is 9.38. The van der Waals surface area contributed by atoms with E-state index in [1.165, 1.54) is 12.8 Å². The summed E-state index contributed by atoms with van der Waals surface area (Å²) in [5, 5.41) is 13.0. The van der Waals surface area contributed by atoms with Gasteiger partial charge in [-0.1, -0.05) is 32.9 Å². The minimum absolute atomic E-state index is 0.213. The topological polar surface area (TPSA) is 32.3 Å². The molecule has 0 aromatic rings. The SMILES string of the molecule is CC(NC(CCO)C(C)(C)C)C1CC2C=CC1C2. The van der Waals surface area contributed by atoms with E-state index in [4.69, 9.17) is 0 Å². The van der Waals surface area contributed by atoms with Crippen LogP contribution in [0, 0.1) is 23.2 Å². The zero-order chi connectivity index (χ0) is 13.3. The van der Waals surface area contributed by atoms with Crippen LogP contribution in [0.25, 0.3) is 0 Å². The summed E-state index contributed by atoms with van der Waals surface area (Å²) in [4.78, 5) is 0. The van der Waals surface area contributed by atoms with Gasteiger partial charge in [0.1, 0.15) is 0 Å². The van der Waals surface area contributed by atoms with Crippen LogP contribution in [-0.2, 0) is 0 Å². The molecule has 104 valence electrons. The van der Waals surface area contributed by atoms with Crippen LogP contribution in [0.15, 0.2) is 12.2 Å². The van der Waals surface area contributed by atoms with E-state index in [0.29, 0.717) is 12.1 Å². The predicted molar refractivity (Wildman–Crippen MR) is 76.4 cm³/mol. The number of allylic oxidation sites excluding steroid dienone is 2. The lowest BCUT2D eigenvalue weighted by atomic mass is 9.82. The molecule has 0 aromatic carbocycles. The fourth-order valence-electron chi connectivity index (χ4n) is 3.73. The Balaban J connectivity index is 1.93. The zero-order valence-electron chi connectivity index (χ0n) is 12.3. The van der Waals surface area contributed by atoms with E-state index >= 15 is 0 Å². The highest BCUT2D eigenvalue weighted by Gasteiger charge is 2.39. The van der Waals surface area contributed by atoms with Crippen molar-refractivity contribution in [1.82, 2.24) is 5.32 Å². The van der Waals surface area contributed by atoms with Gasteiger partial charge in [-0.3, -0.25) is 0 Å². The minimum Gasteiger partial charge on any atom is -0.396 e.